The lowest BCUT2D eigenvalue weighted by Crippen LogP contribution is -1.87. The van der Waals surface area contributed by atoms with Crippen LogP contribution in [0.2, 0.25) is 0 Å². The van der Waals surface area contributed by atoms with Gasteiger partial charge in [0.15, 0.2) is 0 Å². The van der Waals surface area contributed by atoms with E-state index in [1.165, 1.54) is 189 Å². The van der Waals surface area contributed by atoms with Crippen molar-refractivity contribution in [2.24, 2.45) is 0 Å². The highest BCUT2D eigenvalue weighted by molar-refractivity contribution is 7.26. The largest absolute Gasteiger partial charge is 0.308 e. The summed E-state index contributed by atoms with van der Waals surface area (Å²) in [6, 6.07) is 98.4. The van der Waals surface area contributed by atoms with Crippen molar-refractivity contribution in [3.63, 3.8) is 0 Å². The van der Waals surface area contributed by atoms with E-state index in [9.17, 15) is 0 Å². The third-order valence-electron chi connectivity index (χ3n) is 18.2. The number of hydrogen-bond donors (Lipinski definition) is 0. The van der Waals surface area contributed by atoms with Crippen molar-refractivity contribution in [1.29, 1.82) is 0 Å². The lowest BCUT2D eigenvalue weighted by Gasteiger charge is -2.12. The van der Waals surface area contributed by atoms with Gasteiger partial charge >= 0.3 is 0 Å². The maximum atomic E-state index is 2.61. The van der Waals surface area contributed by atoms with Gasteiger partial charge in [0.25, 0.3) is 0 Å². The molecule has 83 heavy (non-hydrogen) atoms. The minimum atomic E-state index is 1.21. The molecule has 0 unspecified atom stereocenters. The summed E-state index contributed by atoms with van der Waals surface area (Å²) in [5.74, 6) is 0. The first-order chi connectivity index (χ1) is 41.0. The first kappa shape index (κ1) is 45.6. The molecular formula is C79H46N2S2. The predicted molar refractivity (Wildman–Crippen MR) is 359 cm³/mol. The monoisotopic (exact) mass is 1090 g/mol. The van der Waals surface area contributed by atoms with Crippen LogP contribution in [0.15, 0.2) is 261 Å². The van der Waals surface area contributed by atoms with Crippen LogP contribution in [0.3, 0.4) is 0 Å². The standard InChI is InChI=1S/C79H46N2S2/c1-45-25-27-49(28-26-45)55-34-54(48-19-9-4-10-20-48)37-57(38-55)51-30-32-67-65(40-51)77-75-59-22-12-14-24-71(59)83-73(75)44-63-61-41-68-60(42-69(61)81(67)79(63)77)62-43-72-74(58-21-11-13-23-70(58)82-72)76-64-39-50(29-31-66(64)80(68)78(62)76)56-35-52(46-15-5-2-6-16-46)33-53(36-56)47-17-7-3-8-18-47/h2-44H,1H3. The number of rotatable bonds is 6. The van der Waals surface area contributed by atoms with E-state index in [1.807, 2.05) is 22.7 Å². The fourth-order valence-electron chi connectivity index (χ4n) is 14.4. The zero-order valence-electron chi connectivity index (χ0n) is 45.0. The van der Waals surface area contributed by atoms with Crippen LogP contribution in [0.4, 0.5) is 0 Å². The molecule has 19 rings (SSSR count). The van der Waals surface area contributed by atoms with Crippen molar-refractivity contribution in [2.75, 3.05) is 0 Å². The van der Waals surface area contributed by atoms with Crippen molar-refractivity contribution in [1.82, 2.24) is 8.80 Å². The van der Waals surface area contributed by atoms with Gasteiger partial charge in [0.2, 0.25) is 0 Å². The average molecular weight is 1090 g/mol. The SMILES string of the molecule is Cc1ccc(-c2cc(-c3ccccc3)cc(-c3ccc4c(c3)c3c5c(cc6c7cc8c(cc7n4c63)c3cc4sc6ccccc6c4c4c6cc(-c7cc(-c9ccccc9)cc(-c9ccccc9)c7)ccc6n8c34)sc3ccccc35)c2)cc1. The fourth-order valence-corrected chi connectivity index (χ4v) is 16.7. The molecule has 0 amide bonds. The molecule has 13 aromatic carbocycles. The number of aromatic nitrogens is 2. The van der Waals surface area contributed by atoms with Crippen molar-refractivity contribution in [3.05, 3.63) is 266 Å². The van der Waals surface area contributed by atoms with E-state index in [1.54, 1.807) is 0 Å². The van der Waals surface area contributed by atoms with Gasteiger partial charge in [-0.15, -0.1) is 22.7 Å². The Morgan fingerprint density at radius 1 is 0.217 bits per heavy atom. The zero-order valence-corrected chi connectivity index (χ0v) is 46.7. The highest BCUT2D eigenvalue weighted by Gasteiger charge is 2.27. The molecule has 0 aliphatic carbocycles. The Hall–Kier alpha value is -10.1. The van der Waals surface area contributed by atoms with Crippen LogP contribution in [-0.2, 0) is 0 Å². The van der Waals surface area contributed by atoms with E-state index in [4.69, 9.17) is 0 Å². The third kappa shape index (κ3) is 6.53. The summed E-state index contributed by atoms with van der Waals surface area (Å²) in [4.78, 5) is 0. The second-order valence-corrected chi connectivity index (χ2v) is 25.0. The average Bonchev–Trinajstić information content (AvgIpc) is 2.31. The van der Waals surface area contributed by atoms with Crippen LogP contribution < -0.4 is 0 Å². The normalized spacial score (nSPS) is 12.4. The van der Waals surface area contributed by atoms with E-state index in [0.717, 1.165) is 0 Å². The molecule has 0 spiro atoms. The molecule has 0 atom stereocenters. The Balaban J connectivity index is 0.889. The molecule has 2 nitrogen and oxygen atoms in total. The Bertz CT molecular complexity index is 5840. The molecule has 0 fully saturated rings. The van der Waals surface area contributed by atoms with Gasteiger partial charge in [-0.05, 0) is 171 Å². The number of fused-ring (bicyclic) bond motifs is 20. The minimum absolute atomic E-state index is 1.21. The van der Waals surface area contributed by atoms with Crippen LogP contribution in [0.25, 0.3) is 183 Å². The number of thiophene rings is 2. The summed E-state index contributed by atoms with van der Waals surface area (Å²) in [6.07, 6.45) is 0. The summed E-state index contributed by atoms with van der Waals surface area (Å²) in [5.41, 5.74) is 23.4. The lowest BCUT2D eigenvalue weighted by atomic mass is 9.92. The Morgan fingerprint density at radius 2 is 0.566 bits per heavy atom. The molecule has 4 heteroatoms. The molecule has 0 saturated heterocycles. The van der Waals surface area contributed by atoms with Gasteiger partial charge in [-0.1, -0.05) is 169 Å². The summed E-state index contributed by atoms with van der Waals surface area (Å²) in [6.45, 7) is 2.16. The molecular weight excluding hydrogens is 1040 g/mol. The molecule has 384 valence electrons. The predicted octanol–water partition coefficient (Wildman–Crippen LogP) is 23.0. The van der Waals surface area contributed by atoms with Crippen LogP contribution in [0, 0.1) is 6.92 Å². The highest BCUT2D eigenvalue weighted by atomic mass is 32.1. The highest BCUT2D eigenvalue weighted by Crippen LogP contribution is 2.53. The molecule has 19 aromatic rings. The smallest absolute Gasteiger partial charge is 0.0627 e. The van der Waals surface area contributed by atoms with E-state index in [-0.39, 0.29) is 0 Å². The fraction of sp³-hybridized carbons (Fsp3) is 0.0127. The van der Waals surface area contributed by atoms with E-state index in [2.05, 4.69) is 277 Å². The third-order valence-corrected chi connectivity index (χ3v) is 20.4. The summed E-state index contributed by atoms with van der Waals surface area (Å²) in [5, 5.41) is 15.7. The Labute approximate surface area is 484 Å². The number of nitrogens with zero attached hydrogens (tertiary/aromatic N) is 2. The second-order valence-electron chi connectivity index (χ2n) is 22.8. The number of aryl methyl sites for hydroxylation is 1. The molecule has 0 aliphatic rings. The second kappa shape index (κ2) is 17.0. The maximum Gasteiger partial charge on any atom is 0.0627 e. The molecule has 6 heterocycles. The maximum absolute atomic E-state index is 2.61. The van der Waals surface area contributed by atoms with Gasteiger partial charge < -0.3 is 8.80 Å². The van der Waals surface area contributed by atoms with Crippen molar-refractivity contribution >= 4 is 139 Å². The van der Waals surface area contributed by atoms with Gasteiger partial charge in [-0.25, -0.2) is 0 Å². The minimum Gasteiger partial charge on any atom is -0.308 e. The van der Waals surface area contributed by atoms with Gasteiger partial charge in [0, 0.05) is 83.4 Å². The Kier molecular flexibility index (Phi) is 9.33. The van der Waals surface area contributed by atoms with E-state index < -0.39 is 0 Å². The summed E-state index contributed by atoms with van der Waals surface area (Å²) < 4.78 is 10.5. The van der Waals surface area contributed by atoms with Crippen LogP contribution in [0.1, 0.15) is 5.56 Å². The van der Waals surface area contributed by atoms with Crippen LogP contribution in [-0.4, -0.2) is 8.80 Å². The first-order valence-corrected chi connectivity index (χ1v) is 30.2. The van der Waals surface area contributed by atoms with Crippen molar-refractivity contribution in [2.45, 2.75) is 6.92 Å². The number of hydrogen-bond acceptors (Lipinski definition) is 2. The molecule has 6 aromatic heterocycles. The van der Waals surface area contributed by atoms with E-state index >= 15 is 0 Å². The quantitative estimate of drug-likeness (QED) is 0.157. The van der Waals surface area contributed by atoms with Crippen LogP contribution in [0.5, 0.6) is 0 Å². The summed E-state index contributed by atoms with van der Waals surface area (Å²) in [7, 11) is 0. The van der Waals surface area contributed by atoms with Crippen LogP contribution >= 0.6 is 22.7 Å². The van der Waals surface area contributed by atoms with Crippen molar-refractivity contribution in [3.8, 4) is 66.8 Å². The molecule has 0 bridgehead atoms. The molecule has 0 aliphatic heterocycles. The van der Waals surface area contributed by atoms with Gasteiger partial charge in [-0.3, -0.25) is 0 Å². The molecule has 0 N–H and O–H groups in total. The van der Waals surface area contributed by atoms with Gasteiger partial charge in [0.05, 0.1) is 33.1 Å². The Morgan fingerprint density at radius 3 is 0.976 bits per heavy atom. The first-order valence-electron chi connectivity index (χ1n) is 28.6. The summed E-state index contributed by atoms with van der Waals surface area (Å²) >= 11 is 3.84. The van der Waals surface area contributed by atoms with Crippen molar-refractivity contribution < 1.29 is 0 Å². The lowest BCUT2D eigenvalue weighted by molar-refractivity contribution is 1.36. The van der Waals surface area contributed by atoms with Gasteiger partial charge in [-0.2, -0.15) is 0 Å². The zero-order chi connectivity index (χ0) is 54.2. The molecule has 0 radical (unpaired) electrons. The molecule has 0 saturated carbocycles. The number of benzene rings is 13. The van der Waals surface area contributed by atoms with Gasteiger partial charge in [0.1, 0.15) is 0 Å². The topological polar surface area (TPSA) is 8.82 Å². The van der Waals surface area contributed by atoms with E-state index in [0.29, 0.717) is 0 Å².